The standard InChI is InChI=1S/C13H20ClFN2/c1-13(2,16)6-7-17(3)9-10-4-5-12(15)11(14)8-10/h4-5,8H,6-7,9,16H2,1-3H3. The molecule has 1 aromatic carbocycles. The molecule has 17 heavy (non-hydrogen) atoms. The summed E-state index contributed by atoms with van der Waals surface area (Å²) in [6.07, 6.45) is 0.915. The Kier molecular flexibility index (Phi) is 4.92. The highest BCUT2D eigenvalue weighted by Crippen LogP contribution is 2.17. The highest BCUT2D eigenvalue weighted by molar-refractivity contribution is 6.30. The fraction of sp³-hybridized carbons (Fsp3) is 0.538. The van der Waals surface area contributed by atoms with E-state index in [0.29, 0.717) is 0 Å². The summed E-state index contributed by atoms with van der Waals surface area (Å²) in [6.45, 7) is 5.67. The second-order valence-corrected chi connectivity index (χ2v) is 5.63. The van der Waals surface area contributed by atoms with Gasteiger partial charge in [-0.1, -0.05) is 17.7 Å². The normalized spacial score (nSPS) is 12.2. The molecule has 0 radical (unpaired) electrons. The van der Waals surface area contributed by atoms with Gasteiger partial charge in [-0.2, -0.15) is 0 Å². The molecule has 0 aromatic heterocycles. The molecule has 0 heterocycles. The van der Waals surface area contributed by atoms with Crippen molar-refractivity contribution in [3.63, 3.8) is 0 Å². The lowest BCUT2D eigenvalue weighted by atomic mass is 10.0. The van der Waals surface area contributed by atoms with Crippen LogP contribution in [0.5, 0.6) is 0 Å². The minimum atomic E-state index is -0.374. The van der Waals surface area contributed by atoms with Crippen LogP contribution in [0.25, 0.3) is 0 Å². The van der Waals surface area contributed by atoms with Crippen LogP contribution in [-0.2, 0) is 6.54 Å². The molecule has 4 heteroatoms. The van der Waals surface area contributed by atoms with Gasteiger partial charge in [0.15, 0.2) is 0 Å². The molecule has 0 saturated carbocycles. The molecule has 0 spiro atoms. The number of nitrogens with zero attached hydrogens (tertiary/aromatic N) is 1. The molecule has 1 rings (SSSR count). The van der Waals surface area contributed by atoms with Crippen LogP contribution in [-0.4, -0.2) is 24.0 Å². The summed E-state index contributed by atoms with van der Waals surface area (Å²) < 4.78 is 13.0. The van der Waals surface area contributed by atoms with Gasteiger partial charge in [0.25, 0.3) is 0 Å². The van der Waals surface area contributed by atoms with Gasteiger partial charge in [0.1, 0.15) is 5.82 Å². The minimum Gasteiger partial charge on any atom is -0.326 e. The second kappa shape index (κ2) is 5.80. The summed E-state index contributed by atoms with van der Waals surface area (Å²) in [5.41, 5.74) is 6.77. The van der Waals surface area contributed by atoms with Crippen LogP contribution in [0.1, 0.15) is 25.8 Å². The Morgan fingerprint density at radius 1 is 1.41 bits per heavy atom. The van der Waals surface area contributed by atoms with Crippen LogP contribution < -0.4 is 5.73 Å². The number of benzene rings is 1. The lowest BCUT2D eigenvalue weighted by Crippen LogP contribution is -2.36. The maximum Gasteiger partial charge on any atom is 0.141 e. The molecule has 0 amide bonds. The molecule has 1 aromatic rings. The van der Waals surface area contributed by atoms with Crippen molar-refractivity contribution < 1.29 is 4.39 Å². The predicted molar refractivity (Wildman–Crippen MR) is 70.6 cm³/mol. The van der Waals surface area contributed by atoms with E-state index in [1.807, 2.05) is 20.9 Å². The molecule has 0 aliphatic heterocycles. The smallest absolute Gasteiger partial charge is 0.141 e. The lowest BCUT2D eigenvalue weighted by molar-refractivity contribution is 0.289. The van der Waals surface area contributed by atoms with E-state index in [1.165, 1.54) is 6.07 Å². The van der Waals surface area contributed by atoms with Gasteiger partial charge in [0.05, 0.1) is 5.02 Å². The molecular formula is C13H20ClFN2. The van der Waals surface area contributed by atoms with E-state index in [1.54, 1.807) is 12.1 Å². The Labute approximate surface area is 108 Å². The van der Waals surface area contributed by atoms with E-state index in [-0.39, 0.29) is 16.4 Å². The van der Waals surface area contributed by atoms with Crippen molar-refractivity contribution in [1.29, 1.82) is 0 Å². The molecule has 96 valence electrons. The van der Waals surface area contributed by atoms with Crippen LogP contribution in [0.4, 0.5) is 4.39 Å². The number of halogens is 2. The third-order valence-corrected chi connectivity index (χ3v) is 2.86. The van der Waals surface area contributed by atoms with Crippen LogP contribution in [0.3, 0.4) is 0 Å². The number of hydrogen-bond donors (Lipinski definition) is 1. The average molecular weight is 259 g/mol. The first-order chi connectivity index (χ1) is 7.78. The zero-order chi connectivity index (χ0) is 13.1. The van der Waals surface area contributed by atoms with Gasteiger partial charge in [-0.15, -0.1) is 0 Å². The molecule has 0 unspecified atom stereocenters. The first-order valence-corrected chi connectivity index (χ1v) is 6.07. The molecule has 0 aliphatic rings. The third kappa shape index (κ3) is 5.48. The van der Waals surface area contributed by atoms with Crippen molar-refractivity contribution in [3.05, 3.63) is 34.6 Å². The van der Waals surface area contributed by atoms with Crippen molar-refractivity contribution in [2.75, 3.05) is 13.6 Å². The van der Waals surface area contributed by atoms with Crippen molar-refractivity contribution in [3.8, 4) is 0 Å². The third-order valence-electron chi connectivity index (χ3n) is 2.57. The van der Waals surface area contributed by atoms with Crippen molar-refractivity contribution in [2.24, 2.45) is 5.73 Å². The molecule has 0 atom stereocenters. The maximum atomic E-state index is 13.0. The zero-order valence-electron chi connectivity index (χ0n) is 10.6. The quantitative estimate of drug-likeness (QED) is 0.880. The van der Waals surface area contributed by atoms with Gasteiger partial charge in [-0.25, -0.2) is 4.39 Å². The molecule has 0 fully saturated rings. The minimum absolute atomic E-state index is 0.158. The maximum absolute atomic E-state index is 13.0. The van der Waals surface area contributed by atoms with Gasteiger partial charge in [-0.05, 0) is 51.6 Å². The fourth-order valence-corrected chi connectivity index (χ4v) is 1.71. The van der Waals surface area contributed by atoms with Crippen LogP contribution >= 0.6 is 11.6 Å². The number of rotatable bonds is 5. The monoisotopic (exact) mass is 258 g/mol. The highest BCUT2D eigenvalue weighted by atomic mass is 35.5. The Balaban J connectivity index is 2.50. The van der Waals surface area contributed by atoms with Crippen LogP contribution in [0, 0.1) is 5.82 Å². The summed E-state index contributed by atoms with van der Waals surface area (Å²) in [6, 6.07) is 4.82. The number of nitrogens with two attached hydrogens (primary N) is 1. The Morgan fingerprint density at radius 3 is 2.59 bits per heavy atom. The van der Waals surface area contributed by atoms with E-state index < -0.39 is 0 Å². The number of hydrogen-bond acceptors (Lipinski definition) is 2. The van der Waals surface area contributed by atoms with Gasteiger partial charge in [0.2, 0.25) is 0 Å². The van der Waals surface area contributed by atoms with Crippen LogP contribution in [0.15, 0.2) is 18.2 Å². The average Bonchev–Trinajstić information content (AvgIpc) is 2.20. The molecule has 0 aliphatic carbocycles. The van der Waals surface area contributed by atoms with Crippen molar-refractivity contribution in [1.82, 2.24) is 4.90 Å². The predicted octanol–water partition coefficient (Wildman–Crippen LogP) is 3.04. The summed E-state index contributed by atoms with van der Waals surface area (Å²) in [4.78, 5) is 2.15. The van der Waals surface area contributed by atoms with Gasteiger partial charge < -0.3 is 10.6 Å². The van der Waals surface area contributed by atoms with E-state index in [4.69, 9.17) is 17.3 Å². The summed E-state index contributed by atoms with van der Waals surface area (Å²) >= 11 is 5.73. The largest absolute Gasteiger partial charge is 0.326 e. The molecule has 2 nitrogen and oxygen atoms in total. The summed E-state index contributed by atoms with van der Waals surface area (Å²) in [7, 11) is 2.02. The summed E-state index contributed by atoms with van der Waals surface area (Å²) in [5, 5.41) is 0.176. The Bertz CT molecular complexity index is 374. The van der Waals surface area contributed by atoms with Crippen molar-refractivity contribution in [2.45, 2.75) is 32.4 Å². The van der Waals surface area contributed by atoms with Gasteiger partial charge in [0, 0.05) is 12.1 Å². The zero-order valence-corrected chi connectivity index (χ0v) is 11.4. The highest BCUT2D eigenvalue weighted by Gasteiger charge is 2.12. The van der Waals surface area contributed by atoms with Gasteiger partial charge in [-0.3, -0.25) is 0 Å². The van der Waals surface area contributed by atoms with E-state index in [2.05, 4.69) is 4.90 Å². The van der Waals surface area contributed by atoms with E-state index in [9.17, 15) is 4.39 Å². The Hall–Kier alpha value is -0.640. The molecule has 2 N–H and O–H groups in total. The van der Waals surface area contributed by atoms with E-state index in [0.717, 1.165) is 25.1 Å². The molecule has 0 bridgehead atoms. The second-order valence-electron chi connectivity index (χ2n) is 5.22. The van der Waals surface area contributed by atoms with Crippen LogP contribution in [0.2, 0.25) is 5.02 Å². The fourth-order valence-electron chi connectivity index (χ4n) is 1.51. The molecular weight excluding hydrogens is 239 g/mol. The lowest BCUT2D eigenvalue weighted by Gasteiger charge is -2.23. The molecule has 0 saturated heterocycles. The topological polar surface area (TPSA) is 29.3 Å². The SMILES string of the molecule is CN(CCC(C)(C)N)Cc1ccc(F)c(Cl)c1. The van der Waals surface area contributed by atoms with E-state index >= 15 is 0 Å². The first-order valence-electron chi connectivity index (χ1n) is 5.69. The van der Waals surface area contributed by atoms with Crippen molar-refractivity contribution >= 4 is 11.6 Å². The first kappa shape index (κ1) is 14.4. The Morgan fingerprint density at radius 2 is 2.06 bits per heavy atom. The van der Waals surface area contributed by atoms with Gasteiger partial charge >= 0.3 is 0 Å². The summed E-state index contributed by atoms with van der Waals surface area (Å²) in [5.74, 6) is -0.374.